The summed E-state index contributed by atoms with van der Waals surface area (Å²) in [6, 6.07) is 6.00. The zero-order valence-corrected chi connectivity index (χ0v) is 12.3. The van der Waals surface area contributed by atoms with Crippen molar-refractivity contribution < 1.29 is 14.3 Å². The lowest BCUT2D eigenvalue weighted by molar-refractivity contribution is -0.143. The number of carbonyl (C=O) groups excluding carboxylic acids is 1. The standard InChI is InChI=1S/C17H22O3/c1-4-7-15-13-14(9-11-17(18)19-6-3)8-10-16(15)20-12-5-2/h2,8,10,13H,4,6-7,9,11-12H2,1,3H3. The Labute approximate surface area is 121 Å². The molecule has 0 aromatic heterocycles. The van der Waals surface area contributed by atoms with Crippen molar-refractivity contribution in [2.45, 2.75) is 39.5 Å². The predicted octanol–water partition coefficient (Wildman–Crippen LogP) is 3.15. The van der Waals surface area contributed by atoms with Gasteiger partial charge in [-0.15, -0.1) is 6.42 Å². The lowest BCUT2D eigenvalue weighted by Gasteiger charge is -2.11. The molecule has 0 N–H and O–H groups in total. The summed E-state index contributed by atoms with van der Waals surface area (Å²) in [7, 11) is 0. The quantitative estimate of drug-likeness (QED) is 0.539. The summed E-state index contributed by atoms with van der Waals surface area (Å²) in [6.07, 6.45) is 8.28. The number of rotatable bonds is 8. The molecule has 1 aromatic rings. The molecule has 3 nitrogen and oxygen atoms in total. The molecule has 0 amide bonds. The highest BCUT2D eigenvalue weighted by molar-refractivity contribution is 5.69. The highest BCUT2D eigenvalue weighted by atomic mass is 16.5. The van der Waals surface area contributed by atoms with Gasteiger partial charge in [-0.3, -0.25) is 4.79 Å². The minimum Gasteiger partial charge on any atom is -0.481 e. The Hall–Kier alpha value is -1.95. The number of hydrogen-bond donors (Lipinski definition) is 0. The van der Waals surface area contributed by atoms with Crippen LogP contribution >= 0.6 is 0 Å². The third kappa shape index (κ3) is 5.36. The van der Waals surface area contributed by atoms with E-state index in [-0.39, 0.29) is 12.6 Å². The first-order valence-corrected chi connectivity index (χ1v) is 7.04. The molecule has 108 valence electrons. The van der Waals surface area contributed by atoms with Gasteiger partial charge in [-0.2, -0.15) is 0 Å². The molecule has 0 unspecified atom stereocenters. The second-order valence-electron chi connectivity index (χ2n) is 4.49. The average molecular weight is 274 g/mol. The van der Waals surface area contributed by atoms with E-state index in [4.69, 9.17) is 15.9 Å². The molecule has 0 bridgehead atoms. The van der Waals surface area contributed by atoms with E-state index in [1.54, 1.807) is 0 Å². The fourth-order valence-corrected chi connectivity index (χ4v) is 1.99. The van der Waals surface area contributed by atoms with E-state index in [1.165, 1.54) is 0 Å². The van der Waals surface area contributed by atoms with E-state index < -0.39 is 0 Å². The Kier molecular flexibility index (Phi) is 7.27. The van der Waals surface area contributed by atoms with Gasteiger partial charge in [0.1, 0.15) is 12.4 Å². The van der Waals surface area contributed by atoms with Crippen LogP contribution in [-0.4, -0.2) is 19.2 Å². The molecule has 1 aromatic carbocycles. The number of benzene rings is 1. The van der Waals surface area contributed by atoms with Gasteiger partial charge in [-0.05, 0) is 37.0 Å². The van der Waals surface area contributed by atoms with Crippen molar-refractivity contribution >= 4 is 5.97 Å². The summed E-state index contributed by atoms with van der Waals surface area (Å²) in [5.74, 6) is 3.15. The van der Waals surface area contributed by atoms with Crippen LogP contribution in [0.25, 0.3) is 0 Å². The number of hydrogen-bond acceptors (Lipinski definition) is 3. The molecule has 0 spiro atoms. The fraction of sp³-hybridized carbons (Fsp3) is 0.471. The van der Waals surface area contributed by atoms with Crippen LogP contribution < -0.4 is 4.74 Å². The van der Waals surface area contributed by atoms with Crippen LogP contribution in [0.1, 0.15) is 37.8 Å². The molecule has 0 saturated carbocycles. The maximum Gasteiger partial charge on any atom is 0.306 e. The highest BCUT2D eigenvalue weighted by Gasteiger charge is 2.07. The second kappa shape index (κ2) is 9.03. The maximum absolute atomic E-state index is 11.4. The van der Waals surface area contributed by atoms with E-state index in [0.29, 0.717) is 19.4 Å². The maximum atomic E-state index is 11.4. The molecule has 0 saturated heterocycles. The average Bonchev–Trinajstić information content (AvgIpc) is 2.45. The predicted molar refractivity (Wildman–Crippen MR) is 79.7 cm³/mol. The van der Waals surface area contributed by atoms with Crippen molar-refractivity contribution in [3.05, 3.63) is 29.3 Å². The Bertz CT molecular complexity index is 472. The van der Waals surface area contributed by atoms with E-state index >= 15 is 0 Å². The summed E-state index contributed by atoms with van der Waals surface area (Å²) in [4.78, 5) is 11.4. The third-order valence-corrected chi connectivity index (χ3v) is 2.88. The molecule has 0 aliphatic rings. The lowest BCUT2D eigenvalue weighted by Crippen LogP contribution is -2.05. The van der Waals surface area contributed by atoms with Gasteiger partial charge in [0, 0.05) is 6.42 Å². The summed E-state index contributed by atoms with van der Waals surface area (Å²) >= 11 is 0. The van der Waals surface area contributed by atoms with Gasteiger partial charge in [0.15, 0.2) is 0 Å². The Morgan fingerprint density at radius 1 is 1.30 bits per heavy atom. The van der Waals surface area contributed by atoms with Crippen molar-refractivity contribution in [3.63, 3.8) is 0 Å². The minimum absolute atomic E-state index is 0.155. The first kappa shape index (κ1) is 16.1. The molecule has 1 rings (SSSR count). The number of ether oxygens (including phenoxy) is 2. The second-order valence-corrected chi connectivity index (χ2v) is 4.49. The zero-order valence-electron chi connectivity index (χ0n) is 12.3. The summed E-state index contributed by atoms with van der Waals surface area (Å²) < 4.78 is 10.5. The molecular weight excluding hydrogens is 252 g/mol. The van der Waals surface area contributed by atoms with Gasteiger partial charge in [0.05, 0.1) is 6.61 Å². The van der Waals surface area contributed by atoms with Gasteiger partial charge < -0.3 is 9.47 Å². The van der Waals surface area contributed by atoms with Crippen molar-refractivity contribution in [2.75, 3.05) is 13.2 Å². The van der Waals surface area contributed by atoms with E-state index in [2.05, 4.69) is 18.9 Å². The molecule has 0 aliphatic heterocycles. The van der Waals surface area contributed by atoms with E-state index in [9.17, 15) is 4.79 Å². The van der Waals surface area contributed by atoms with Crippen LogP contribution in [-0.2, 0) is 22.4 Å². The van der Waals surface area contributed by atoms with Crippen LogP contribution in [0.15, 0.2) is 18.2 Å². The Morgan fingerprint density at radius 2 is 2.10 bits per heavy atom. The molecule has 20 heavy (non-hydrogen) atoms. The summed E-state index contributed by atoms with van der Waals surface area (Å²) in [5, 5.41) is 0. The number of carbonyl (C=O) groups is 1. The number of terminal acetylenes is 1. The van der Waals surface area contributed by atoms with Crippen LogP contribution in [0.3, 0.4) is 0 Å². The van der Waals surface area contributed by atoms with Crippen molar-refractivity contribution in [1.82, 2.24) is 0 Å². The first-order chi connectivity index (χ1) is 9.71. The van der Waals surface area contributed by atoms with Crippen molar-refractivity contribution in [3.8, 4) is 18.1 Å². The third-order valence-electron chi connectivity index (χ3n) is 2.88. The smallest absolute Gasteiger partial charge is 0.306 e. The first-order valence-electron chi connectivity index (χ1n) is 7.04. The van der Waals surface area contributed by atoms with Crippen LogP contribution in [0.2, 0.25) is 0 Å². The summed E-state index contributed by atoms with van der Waals surface area (Å²) in [5.41, 5.74) is 2.26. The molecule has 0 radical (unpaired) electrons. The van der Waals surface area contributed by atoms with Crippen LogP contribution in [0.5, 0.6) is 5.75 Å². The van der Waals surface area contributed by atoms with Gasteiger partial charge in [0.25, 0.3) is 0 Å². The highest BCUT2D eigenvalue weighted by Crippen LogP contribution is 2.22. The normalized spacial score (nSPS) is 9.85. The molecule has 0 atom stereocenters. The number of aryl methyl sites for hydroxylation is 2. The molecule has 0 fully saturated rings. The summed E-state index contributed by atoms with van der Waals surface area (Å²) in [6.45, 7) is 4.64. The topological polar surface area (TPSA) is 35.5 Å². The number of esters is 1. The van der Waals surface area contributed by atoms with Gasteiger partial charge >= 0.3 is 5.97 Å². The monoisotopic (exact) mass is 274 g/mol. The van der Waals surface area contributed by atoms with Gasteiger partial charge in [-0.25, -0.2) is 0 Å². The molecule has 0 aliphatic carbocycles. The largest absolute Gasteiger partial charge is 0.481 e. The zero-order chi connectivity index (χ0) is 14.8. The van der Waals surface area contributed by atoms with Crippen LogP contribution in [0, 0.1) is 12.3 Å². The van der Waals surface area contributed by atoms with Crippen molar-refractivity contribution in [2.24, 2.45) is 0 Å². The van der Waals surface area contributed by atoms with Gasteiger partial charge in [0.2, 0.25) is 0 Å². The molecule has 3 heteroatoms. The van der Waals surface area contributed by atoms with E-state index in [0.717, 1.165) is 29.7 Å². The minimum atomic E-state index is -0.155. The van der Waals surface area contributed by atoms with Crippen LogP contribution in [0.4, 0.5) is 0 Å². The van der Waals surface area contributed by atoms with Crippen molar-refractivity contribution in [1.29, 1.82) is 0 Å². The SMILES string of the molecule is C#CCOc1ccc(CCC(=O)OCC)cc1CCC. The molecular formula is C17H22O3. The van der Waals surface area contributed by atoms with E-state index in [1.807, 2.05) is 19.1 Å². The molecule has 0 heterocycles. The van der Waals surface area contributed by atoms with Gasteiger partial charge in [-0.1, -0.05) is 31.4 Å². The lowest BCUT2D eigenvalue weighted by atomic mass is 10.0. The Morgan fingerprint density at radius 3 is 2.75 bits per heavy atom. The Balaban J connectivity index is 2.71. The fourth-order valence-electron chi connectivity index (χ4n) is 1.99.